The summed E-state index contributed by atoms with van der Waals surface area (Å²) in [6, 6.07) is 9.17. The predicted octanol–water partition coefficient (Wildman–Crippen LogP) is 4.19. The lowest BCUT2D eigenvalue weighted by atomic mass is 9.90. The van der Waals surface area contributed by atoms with Crippen molar-refractivity contribution in [1.29, 1.82) is 0 Å². The van der Waals surface area contributed by atoms with E-state index in [2.05, 4.69) is 11.9 Å². The van der Waals surface area contributed by atoms with Gasteiger partial charge in [-0.15, -0.1) is 0 Å². The predicted molar refractivity (Wildman–Crippen MR) is 76.0 cm³/mol. The molecule has 0 amide bonds. The fraction of sp³-hybridized carbons (Fsp3) is 0.214. The van der Waals surface area contributed by atoms with E-state index in [9.17, 15) is 0 Å². The molecule has 2 nitrogen and oxygen atoms in total. The van der Waals surface area contributed by atoms with E-state index in [1.807, 2.05) is 24.3 Å². The molecule has 94 valence electrons. The van der Waals surface area contributed by atoms with Crippen LogP contribution in [0, 0.1) is 0 Å². The maximum Gasteiger partial charge on any atom is 0.0468 e. The van der Waals surface area contributed by atoms with Crippen molar-refractivity contribution >= 4 is 23.2 Å². The lowest BCUT2D eigenvalue weighted by molar-refractivity contribution is 0.597. The van der Waals surface area contributed by atoms with E-state index >= 15 is 0 Å². The zero-order chi connectivity index (χ0) is 13.1. The number of hydrogen-bond donors (Lipinski definition) is 1. The lowest BCUT2D eigenvalue weighted by Crippen LogP contribution is -2.18. The van der Waals surface area contributed by atoms with Crippen molar-refractivity contribution in [2.45, 2.75) is 18.9 Å². The van der Waals surface area contributed by atoms with Gasteiger partial charge in [-0.25, -0.2) is 0 Å². The zero-order valence-electron chi connectivity index (χ0n) is 9.98. The van der Waals surface area contributed by atoms with Gasteiger partial charge in [0.2, 0.25) is 0 Å². The van der Waals surface area contributed by atoms with Gasteiger partial charge in [-0.05, 0) is 35.4 Å². The third kappa shape index (κ3) is 2.83. The van der Waals surface area contributed by atoms with Crippen molar-refractivity contribution in [2.24, 2.45) is 5.73 Å². The number of hydrogen-bond acceptors (Lipinski definition) is 2. The van der Waals surface area contributed by atoms with Crippen molar-refractivity contribution in [1.82, 2.24) is 4.98 Å². The minimum absolute atomic E-state index is 0.159. The summed E-state index contributed by atoms with van der Waals surface area (Å²) < 4.78 is 0. The molecule has 2 unspecified atom stereocenters. The molecule has 0 aliphatic heterocycles. The Morgan fingerprint density at radius 2 is 1.78 bits per heavy atom. The average Bonchev–Trinajstić information content (AvgIpc) is 2.38. The Hall–Kier alpha value is -1.09. The summed E-state index contributed by atoms with van der Waals surface area (Å²) in [6.45, 7) is 2.07. The molecule has 0 fully saturated rings. The first-order chi connectivity index (χ1) is 8.59. The van der Waals surface area contributed by atoms with Gasteiger partial charge >= 0.3 is 0 Å². The molecule has 1 heterocycles. The molecule has 2 rings (SSSR count). The molecule has 1 aromatic heterocycles. The van der Waals surface area contributed by atoms with Crippen LogP contribution in [0.3, 0.4) is 0 Å². The summed E-state index contributed by atoms with van der Waals surface area (Å²) in [5.74, 6) is 0.159. The Morgan fingerprint density at radius 1 is 1.11 bits per heavy atom. The van der Waals surface area contributed by atoms with Gasteiger partial charge in [0.05, 0.1) is 0 Å². The van der Waals surface area contributed by atoms with Gasteiger partial charge in [0.1, 0.15) is 0 Å². The highest BCUT2D eigenvalue weighted by molar-refractivity contribution is 6.35. The molecular weight excluding hydrogens is 267 g/mol. The van der Waals surface area contributed by atoms with Crippen LogP contribution in [-0.4, -0.2) is 4.98 Å². The zero-order valence-corrected chi connectivity index (χ0v) is 11.5. The monoisotopic (exact) mass is 280 g/mol. The molecule has 2 atom stereocenters. The molecule has 0 saturated heterocycles. The molecule has 18 heavy (non-hydrogen) atoms. The molecule has 0 radical (unpaired) electrons. The van der Waals surface area contributed by atoms with Crippen LogP contribution < -0.4 is 5.73 Å². The van der Waals surface area contributed by atoms with Crippen LogP contribution in [-0.2, 0) is 0 Å². The summed E-state index contributed by atoms with van der Waals surface area (Å²) >= 11 is 12.1. The second-order valence-corrected chi connectivity index (χ2v) is 5.10. The van der Waals surface area contributed by atoms with Crippen molar-refractivity contribution in [3.05, 3.63) is 63.9 Å². The second-order valence-electron chi connectivity index (χ2n) is 4.26. The van der Waals surface area contributed by atoms with Crippen LogP contribution in [0.15, 0.2) is 42.7 Å². The molecule has 0 spiro atoms. The quantitative estimate of drug-likeness (QED) is 0.916. The normalized spacial score (nSPS) is 14.2. The fourth-order valence-electron chi connectivity index (χ4n) is 1.92. The van der Waals surface area contributed by atoms with Gasteiger partial charge in [-0.1, -0.05) is 36.2 Å². The fourth-order valence-corrected chi connectivity index (χ4v) is 2.45. The first-order valence-electron chi connectivity index (χ1n) is 5.70. The van der Waals surface area contributed by atoms with Gasteiger partial charge in [0.25, 0.3) is 0 Å². The highest BCUT2D eigenvalue weighted by atomic mass is 35.5. The molecule has 0 bridgehead atoms. The number of nitrogens with two attached hydrogens (primary N) is 1. The number of aromatic nitrogens is 1. The molecule has 0 saturated carbocycles. The molecule has 2 N–H and O–H groups in total. The Morgan fingerprint density at radius 3 is 2.39 bits per heavy atom. The van der Waals surface area contributed by atoms with Crippen molar-refractivity contribution in [3.8, 4) is 0 Å². The average molecular weight is 281 g/mol. The van der Waals surface area contributed by atoms with Crippen molar-refractivity contribution in [3.63, 3.8) is 0 Å². The van der Waals surface area contributed by atoms with Crippen LogP contribution in [0.4, 0.5) is 0 Å². The standard InChI is InChI=1S/C14H14Cl2N2/c1-9(10-4-6-18-7-5-10)14(17)12-3-2-11(15)8-13(12)16/h2-9,14H,17H2,1H3. The van der Waals surface area contributed by atoms with Gasteiger partial charge in [0, 0.05) is 34.4 Å². The summed E-state index contributed by atoms with van der Waals surface area (Å²) in [5.41, 5.74) is 8.32. The first-order valence-corrected chi connectivity index (χ1v) is 6.45. The number of nitrogens with zero attached hydrogens (tertiary/aromatic N) is 1. The van der Waals surface area contributed by atoms with Crippen molar-refractivity contribution < 1.29 is 0 Å². The summed E-state index contributed by atoms with van der Waals surface area (Å²) in [7, 11) is 0. The van der Waals surface area contributed by atoms with E-state index in [1.165, 1.54) is 0 Å². The number of benzene rings is 1. The van der Waals surface area contributed by atoms with E-state index in [-0.39, 0.29) is 12.0 Å². The third-order valence-corrected chi connectivity index (χ3v) is 3.65. The Balaban J connectivity index is 2.28. The van der Waals surface area contributed by atoms with Crippen molar-refractivity contribution in [2.75, 3.05) is 0 Å². The van der Waals surface area contributed by atoms with Crippen LogP contribution in [0.5, 0.6) is 0 Å². The first kappa shape index (κ1) is 13.3. The van der Waals surface area contributed by atoms with Crippen LogP contribution in [0.2, 0.25) is 10.0 Å². The van der Waals surface area contributed by atoms with E-state index in [0.29, 0.717) is 10.0 Å². The molecule has 0 aliphatic carbocycles. The maximum absolute atomic E-state index is 6.27. The lowest BCUT2D eigenvalue weighted by Gasteiger charge is -2.21. The minimum Gasteiger partial charge on any atom is -0.323 e. The molecular formula is C14H14Cl2N2. The summed E-state index contributed by atoms with van der Waals surface area (Å²) in [4.78, 5) is 4.00. The number of rotatable bonds is 3. The summed E-state index contributed by atoms with van der Waals surface area (Å²) in [6.07, 6.45) is 3.53. The van der Waals surface area contributed by atoms with Gasteiger partial charge < -0.3 is 5.73 Å². The van der Waals surface area contributed by atoms with Crippen LogP contribution >= 0.6 is 23.2 Å². The number of pyridine rings is 1. The Bertz CT molecular complexity index is 529. The maximum atomic E-state index is 6.27. The largest absolute Gasteiger partial charge is 0.323 e. The van der Waals surface area contributed by atoms with Crippen LogP contribution in [0.1, 0.15) is 30.0 Å². The SMILES string of the molecule is CC(c1ccncc1)C(N)c1ccc(Cl)cc1Cl. The highest BCUT2D eigenvalue weighted by Gasteiger charge is 2.19. The van der Waals surface area contributed by atoms with Gasteiger partial charge in [-0.3, -0.25) is 4.98 Å². The van der Waals surface area contributed by atoms with E-state index < -0.39 is 0 Å². The molecule has 0 aliphatic rings. The van der Waals surface area contributed by atoms with E-state index in [0.717, 1.165) is 11.1 Å². The highest BCUT2D eigenvalue weighted by Crippen LogP contribution is 2.33. The molecule has 1 aromatic carbocycles. The Kier molecular flexibility index (Phi) is 4.23. The number of halogens is 2. The second kappa shape index (κ2) is 5.70. The van der Waals surface area contributed by atoms with E-state index in [4.69, 9.17) is 28.9 Å². The Labute approximate surface area is 117 Å². The molecule has 4 heteroatoms. The third-order valence-electron chi connectivity index (χ3n) is 3.09. The van der Waals surface area contributed by atoms with Gasteiger partial charge in [-0.2, -0.15) is 0 Å². The van der Waals surface area contributed by atoms with E-state index in [1.54, 1.807) is 18.5 Å². The van der Waals surface area contributed by atoms with Crippen LogP contribution in [0.25, 0.3) is 0 Å². The topological polar surface area (TPSA) is 38.9 Å². The smallest absolute Gasteiger partial charge is 0.0468 e. The molecule has 2 aromatic rings. The minimum atomic E-state index is -0.169. The van der Waals surface area contributed by atoms with Gasteiger partial charge in [0.15, 0.2) is 0 Å². The summed E-state index contributed by atoms with van der Waals surface area (Å²) in [5, 5.41) is 1.23.